The van der Waals surface area contributed by atoms with Gasteiger partial charge in [0.25, 0.3) is 0 Å². The highest BCUT2D eigenvalue weighted by Gasteiger charge is 2.33. The van der Waals surface area contributed by atoms with Crippen LogP contribution in [0, 0.1) is 11.3 Å². The molecule has 0 aromatic rings. The minimum absolute atomic E-state index is 0.212. The van der Waals surface area contributed by atoms with Crippen molar-refractivity contribution in [1.82, 2.24) is 9.80 Å². The van der Waals surface area contributed by atoms with Crippen molar-refractivity contribution in [3.63, 3.8) is 0 Å². The topological polar surface area (TPSA) is 23.6 Å². The molecule has 19 heavy (non-hydrogen) atoms. The van der Waals surface area contributed by atoms with Gasteiger partial charge in [0.2, 0.25) is 5.91 Å². The second-order valence-electron chi connectivity index (χ2n) is 6.24. The molecule has 0 spiro atoms. The lowest BCUT2D eigenvalue weighted by Crippen LogP contribution is -2.47. The van der Waals surface area contributed by atoms with Crippen LogP contribution in [0.15, 0.2) is 0 Å². The first-order chi connectivity index (χ1) is 8.94. The number of likely N-dealkylation sites (tertiary alicyclic amines) is 1. The summed E-state index contributed by atoms with van der Waals surface area (Å²) in [6.45, 7) is 13.5. The molecule has 1 aliphatic rings. The van der Waals surface area contributed by atoms with E-state index in [1.54, 1.807) is 0 Å². The van der Waals surface area contributed by atoms with Gasteiger partial charge in [-0.2, -0.15) is 0 Å². The summed E-state index contributed by atoms with van der Waals surface area (Å²) in [7, 11) is 0. The Morgan fingerprint density at radius 2 is 1.79 bits per heavy atom. The summed E-state index contributed by atoms with van der Waals surface area (Å²) in [6.07, 6.45) is 2.25. The van der Waals surface area contributed by atoms with Crippen molar-refractivity contribution in [3.8, 4) is 0 Å². The van der Waals surface area contributed by atoms with Crippen molar-refractivity contribution < 1.29 is 4.79 Å². The average Bonchev–Trinajstić information content (AvgIpc) is 2.44. The van der Waals surface area contributed by atoms with E-state index in [9.17, 15) is 4.79 Å². The number of halogens is 1. The van der Waals surface area contributed by atoms with Gasteiger partial charge in [0.05, 0.1) is 5.41 Å². The van der Waals surface area contributed by atoms with Gasteiger partial charge >= 0.3 is 0 Å². The normalized spacial score (nSPS) is 18.1. The maximum Gasteiger partial charge on any atom is 0.229 e. The zero-order valence-electron chi connectivity index (χ0n) is 12.9. The molecule has 0 N–H and O–H groups in total. The second kappa shape index (κ2) is 7.49. The van der Waals surface area contributed by atoms with Gasteiger partial charge in [-0.25, -0.2) is 0 Å². The molecule has 1 fully saturated rings. The van der Waals surface area contributed by atoms with Crippen LogP contribution in [0.1, 0.15) is 40.5 Å². The third-order valence-electron chi connectivity index (χ3n) is 4.23. The van der Waals surface area contributed by atoms with Crippen molar-refractivity contribution in [1.29, 1.82) is 0 Å². The third-order valence-corrected chi connectivity index (χ3v) is 4.89. The molecular weight excluding hydrogens is 260 g/mol. The Kier molecular flexibility index (Phi) is 6.61. The lowest BCUT2D eigenvalue weighted by molar-refractivity contribution is -0.140. The molecule has 1 heterocycles. The minimum atomic E-state index is -0.423. The van der Waals surface area contributed by atoms with Crippen molar-refractivity contribution in [2.75, 3.05) is 38.6 Å². The van der Waals surface area contributed by atoms with Crippen LogP contribution in [0.3, 0.4) is 0 Å². The lowest BCUT2D eigenvalue weighted by Gasteiger charge is -2.37. The maximum absolute atomic E-state index is 12.3. The van der Waals surface area contributed by atoms with E-state index in [-0.39, 0.29) is 5.91 Å². The highest BCUT2D eigenvalue weighted by Crippen LogP contribution is 2.25. The molecule has 1 rings (SSSR count). The van der Waals surface area contributed by atoms with E-state index in [2.05, 4.69) is 18.7 Å². The van der Waals surface area contributed by atoms with Gasteiger partial charge in [-0.15, -0.1) is 11.6 Å². The molecule has 0 aromatic carbocycles. The first kappa shape index (κ1) is 16.8. The van der Waals surface area contributed by atoms with Crippen LogP contribution in [-0.2, 0) is 4.79 Å². The molecule has 0 radical (unpaired) electrons. The Hall–Kier alpha value is -0.280. The third kappa shape index (κ3) is 4.64. The fourth-order valence-electron chi connectivity index (χ4n) is 2.65. The maximum atomic E-state index is 12.3. The summed E-state index contributed by atoms with van der Waals surface area (Å²) in [5, 5.41) is 0. The first-order valence-electron chi connectivity index (χ1n) is 7.52. The van der Waals surface area contributed by atoms with Gasteiger partial charge in [-0.1, -0.05) is 13.8 Å². The summed E-state index contributed by atoms with van der Waals surface area (Å²) < 4.78 is 0. The van der Waals surface area contributed by atoms with Gasteiger partial charge < -0.3 is 9.80 Å². The average molecular weight is 289 g/mol. The molecule has 0 aromatic heterocycles. The lowest BCUT2D eigenvalue weighted by atomic mass is 9.90. The van der Waals surface area contributed by atoms with Crippen LogP contribution < -0.4 is 0 Å². The molecule has 112 valence electrons. The molecule has 0 atom stereocenters. The van der Waals surface area contributed by atoms with E-state index in [4.69, 9.17) is 11.6 Å². The minimum Gasteiger partial charge on any atom is -0.342 e. The van der Waals surface area contributed by atoms with Crippen LogP contribution in [0.2, 0.25) is 0 Å². The quantitative estimate of drug-likeness (QED) is 0.702. The van der Waals surface area contributed by atoms with Crippen LogP contribution in [0.25, 0.3) is 0 Å². The van der Waals surface area contributed by atoms with E-state index in [0.29, 0.717) is 5.88 Å². The van der Waals surface area contributed by atoms with E-state index in [1.165, 1.54) is 6.54 Å². The van der Waals surface area contributed by atoms with Crippen LogP contribution in [0.4, 0.5) is 0 Å². The molecule has 1 aliphatic heterocycles. The first-order valence-corrected chi connectivity index (χ1v) is 8.05. The van der Waals surface area contributed by atoms with E-state index in [1.807, 2.05) is 18.7 Å². The molecule has 0 bridgehead atoms. The van der Waals surface area contributed by atoms with Gasteiger partial charge in [-0.3, -0.25) is 4.79 Å². The zero-order valence-corrected chi connectivity index (χ0v) is 13.7. The van der Waals surface area contributed by atoms with Crippen LogP contribution >= 0.6 is 11.6 Å². The molecule has 0 aliphatic carbocycles. The smallest absolute Gasteiger partial charge is 0.229 e. The Balaban J connectivity index is 2.43. The van der Waals surface area contributed by atoms with Gasteiger partial charge in [0.15, 0.2) is 0 Å². The Morgan fingerprint density at radius 3 is 2.21 bits per heavy atom. The second-order valence-corrected chi connectivity index (χ2v) is 6.51. The number of carbonyl (C=O) groups is 1. The Morgan fingerprint density at radius 1 is 1.26 bits per heavy atom. The zero-order chi connectivity index (χ0) is 14.5. The fraction of sp³-hybridized carbons (Fsp3) is 0.933. The van der Waals surface area contributed by atoms with Gasteiger partial charge in [0, 0.05) is 25.5 Å². The summed E-state index contributed by atoms with van der Waals surface area (Å²) in [4.78, 5) is 16.8. The van der Waals surface area contributed by atoms with Crippen LogP contribution in [-0.4, -0.2) is 54.3 Å². The van der Waals surface area contributed by atoms with Crippen molar-refractivity contribution in [2.24, 2.45) is 11.3 Å². The van der Waals surface area contributed by atoms with Crippen LogP contribution in [0.5, 0.6) is 0 Å². The predicted octanol–water partition coefficient (Wildman–Crippen LogP) is 2.83. The van der Waals surface area contributed by atoms with E-state index >= 15 is 0 Å². The molecular formula is C15H29ClN2O. The number of rotatable bonds is 6. The molecule has 3 nitrogen and oxygen atoms in total. The van der Waals surface area contributed by atoms with E-state index in [0.717, 1.165) is 44.9 Å². The highest BCUT2D eigenvalue weighted by molar-refractivity contribution is 6.19. The molecule has 0 saturated carbocycles. The summed E-state index contributed by atoms with van der Waals surface area (Å²) in [5.41, 5.74) is -0.423. The van der Waals surface area contributed by atoms with Crippen molar-refractivity contribution >= 4 is 17.5 Å². The van der Waals surface area contributed by atoms with Gasteiger partial charge in [-0.05, 0) is 45.7 Å². The number of amides is 1. The molecule has 1 saturated heterocycles. The standard InChI is InChI=1S/C15H29ClN2O/c1-5-17(6-2)11-13-7-9-18(10-8-13)14(19)15(3,4)12-16/h13H,5-12H2,1-4H3. The number of hydrogen-bond acceptors (Lipinski definition) is 2. The highest BCUT2D eigenvalue weighted by atomic mass is 35.5. The van der Waals surface area contributed by atoms with Gasteiger partial charge in [0.1, 0.15) is 0 Å². The summed E-state index contributed by atoms with van der Waals surface area (Å²) in [5.74, 6) is 1.34. The summed E-state index contributed by atoms with van der Waals surface area (Å²) >= 11 is 5.89. The number of carbonyl (C=O) groups excluding carboxylic acids is 1. The van der Waals surface area contributed by atoms with Crippen molar-refractivity contribution in [2.45, 2.75) is 40.5 Å². The SMILES string of the molecule is CCN(CC)CC1CCN(C(=O)C(C)(C)CCl)CC1. The summed E-state index contributed by atoms with van der Waals surface area (Å²) in [6, 6.07) is 0. The number of hydrogen-bond donors (Lipinski definition) is 0. The monoisotopic (exact) mass is 288 g/mol. The number of piperidine rings is 1. The largest absolute Gasteiger partial charge is 0.342 e. The molecule has 0 unspecified atom stereocenters. The van der Waals surface area contributed by atoms with E-state index < -0.39 is 5.41 Å². The molecule has 1 amide bonds. The molecule has 4 heteroatoms. The Labute approximate surface area is 123 Å². The number of alkyl halides is 1. The van der Waals surface area contributed by atoms with Crippen molar-refractivity contribution in [3.05, 3.63) is 0 Å². The fourth-order valence-corrected chi connectivity index (χ4v) is 2.77. The predicted molar refractivity (Wildman–Crippen MR) is 81.6 cm³/mol. The Bertz CT molecular complexity index is 282. The number of nitrogens with zero attached hydrogens (tertiary/aromatic N) is 2.